The van der Waals surface area contributed by atoms with Crippen LogP contribution >= 0.6 is 0 Å². The summed E-state index contributed by atoms with van der Waals surface area (Å²) < 4.78 is 0. The van der Waals surface area contributed by atoms with Crippen molar-refractivity contribution in [3.63, 3.8) is 0 Å². The quantitative estimate of drug-likeness (QED) is 0.763. The van der Waals surface area contributed by atoms with Gasteiger partial charge in [-0.1, -0.05) is 19.1 Å². The Bertz CT molecular complexity index is 417. The molecule has 2 aromatic rings. The molecule has 0 saturated heterocycles. The van der Waals surface area contributed by atoms with E-state index in [0.29, 0.717) is 0 Å². The van der Waals surface area contributed by atoms with Crippen molar-refractivity contribution in [3.8, 4) is 0 Å². The van der Waals surface area contributed by atoms with E-state index in [9.17, 15) is 0 Å². The number of hydrogen-bond acceptors (Lipinski definition) is 1. The summed E-state index contributed by atoms with van der Waals surface area (Å²) in [6.45, 7) is 2.12. The van der Waals surface area contributed by atoms with E-state index in [1.807, 2.05) is 6.20 Å². The Balaban J connectivity index is 2.25. The Kier molecular flexibility index (Phi) is 2.55. The first kappa shape index (κ1) is 9.28. The van der Waals surface area contributed by atoms with E-state index in [-0.39, 0.29) is 6.04 Å². The zero-order chi connectivity index (χ0) is 9.97. The second-order valence-electron chi connectivity index (χ2n) is 3.77. The first-order valence-corrected chi connectivity index (χ1v) is 5.11. The van der Waals surface area contributed by atoms with Crippen LogP contribution in [0.15, 0.2) is 30.5 Å². The Labute approximate surface area is 84.1 Å². The zero-order valence-corrected chi connectivity index (χ0v) is 8.46. The highest BCUT2D eigenvalue weighted by Crippen LogP contribution is 2.15. The molecular formula is C12H16N2. The second-order valence-corrected chi connectivity index (χ2v) is 3.77. The monoisotopic (exact) mass is 188 g/mol. The molecule has 1 heterocycles. The van der Waals surface area contributed by atoms with Gasteiger partial charge in [-0.2, -0.15) is 0 Å². The number of nitrogens with two attached hydrogens (primary N) is 1. The molecule has 2 heteroatoms. The maximum Gasteiger partial charge on any atom is 0.0456 e. The Morgan fingerprint density at radius 1 is 1.36 bits per heavy atom. The van der Waals surface area contributed by atoms with Crippen LogP contribution in [0.3, 0.4) is 0 Å². The first-order valence-electron chi connectivity index (χ1n) is 5.11. The number of rotatable bonds is 3. The molecule has 2 rings (SSSR count). The number of benzene rings is 1. The first-order chi connectivity index (χ1) is 6.79. The topological polar surface area (TPSA) is 41.8 Å². The molecule has 1 unspecified atom stereocenters. The molecular weight excluding hydrogens is 172 g/mol. The van der Waals surface area contributed by atoms with Crippen molar-refractivity contribution in [3.05, 3.63) is 36.0 Å². The molecule has 0 aliphatic rings. The van der Waals surface area contributed by atoms with Gasteiger partial charge in [0.2, 0.25) is 0 Å². The predicted octanol–water partition coefficient (Wildman–Crippen LogP) is 2.45. The van der Waals surface area contributed by atoms with E-state index in [0.717, 1.165) is 12.8 Å². The zero-order valence-electron chi connectivity index (χ0n) is 8.46. The van der Waals surface area contributed by atoms with Gasteiger partial charge < -0.3 is 10.7 Å². The lowest BCUT2D eigenvalue weighted by molar-refractivity contribution is 0.647. The smallest absolute Gasteiger partial charge is 0.0456 e. The van der Waals surface area contributed by atoms with Crippen LogP contribution in [-0.4, -0.2) is 11.0 Å². The molecule has 0 amide bonds. The van der Waals surface area contributed by atoms with Gasteiger partial charge in [-0.15, -0.1) is 0 Å². The Morgan fingerprint density at radius 2 is 2.21 bits per heavy atom. The van der Waals surface area contributed by atoms with Crippen molar-refractivity contribution >= 4 is 10.9 Å². The summed E-state index contributed by atoms with van der Waals surface area (Å²) in [7, 11) is 0. The highest BCUT2D eigenvalue weighted by atomic mass is 14.7. The van der Waals surface area contributed by atoms with E-state index in [1.165, 1.54) is 16.5 Å². The lowest BCUT2D eigenvalue weighted by Crippen LogP contribution is -2.21. The van der Waals surface area contributed by atoms with Crippen molar-refractivity contribution < 1.29 is 0 Å². The van der Waals surface area contributed by atoms with Gasteiger partial charge in [0.1, 0.15) is 0 Å². The molecule has 0 aliphatic heterocycles. The van der Waals surface area contributed by atoms with Crippen LogP contribution in [0.2, 0.25) is 0 Å². The molecule has 3 N–H and O–H groups in total. The molecule has 1 aromatic carbocycles. The number of aromatic amines is 1. The van der Waals surface area contributed by atoms with Crippen LogP contribution in [0, 0.1) is 0 Å². The normalized spacial score (nSPS) is 13.3. The van der Waals surface area contributed by atoms with E-state index >= 15 is 0 Å². The van der Waals surface area contributed by atoms with Gasteiger partial charge in [0.15, 0.2) is 0 Å². The molecule has 0 bridgehead atoms. The van der Waals surface area contributed by atoms with Gasteiger partial charge >= 0.3 is 0 Å². The van der Waals surface area contributed by atoms with E-state index in [2.05, 4.69) is 36.2 Å². The largest absolute Gasteiger partial charge is 0.361 e. The third kappa shape index (κ3) is 1.80. The number of aromatic nitrogens is 1. The standard InChI is InChI=1S/C12H16N2/c1-2-11(13)7-9-3-4-10-5-6-14-12(10)8-9/h3-6,8,11,14H,2,7,13H2,1H3. The van der Waals surface area contributed by atoms with Gasteiger partial charge in [-0.3, -0.25) is 0 Å². The lowest BCUT2D eigenvalue weighted by Gasteiger charge is -2.08. The molecule has 0 spiro atoms. The summed E-state index contributed by atoms with van der Waals surface area (Å²) in [6, 6.07) is 8.85. The van der Waals surface area contributed by atoms with E-state index < -0.39 is 0 Å². The van der Waals surface area contributed by atoms with E-state index in [4.69, 9.17) is 5.73 Å². The van der Waals surface area contributed by atoms with Crippen molar-refractivity contribution in [2.45, 2.75) is 25.8 Å². The van der Waals surface area contributed by atoms with Crippen LogP contribution in [0.4, 0.5) is 0 Å². The maximum absolute atomic E-state index is 5.91. The summed E-state index contributed by atoms with van der Waals surface area (Å²) >= 11 is 0. The Morgan fingerprint density at radius 3 is 3.00 bits per heavy atom. The van der Waals surface area contributed by atoms with Crippen LogP contribution in [0.5, 0.6) is 0 Å². The van der Waals surface area contributed by atoms with Gasteiger partial charge in [0.05, 0.1) is 0 Å². The fraction of sp³-hybridized carbons (Fsp3) is 0.333. The average Bonchev–Trinajstić information content (AvgIpc) is 2.64. The number of H-pyrrole nitrogens is 1. The van der Waals surface area contributed by atoms with Gasteiger partial charge in [0.25, 0.3) is 0 Å². The minimum atomic E-state index is 0.280. The van der Waals surface area contributed by atoms with Crippen molar-refractivity contribution in [1.82, 2.24) is 4.98 Å². The number of fused-ring (bicyclic) bond motifs is 1. The minimum absolute atomic E-state index is 0.280. The average molecular weight is 188 g/mol. The molecule has 1 aromatic heterocycles. The van der Waals surface area contributed by atoms with Crippen LogP contribution in [-0.2, 0) is 6.42 Å². The van der Waals surface area contributed by atoms with Gasteiger partial charge in [-0.05, 0) is 35.9 Å². The molecule has 74 valence electrons. The molecule has 0 radical (unpaired) electrons. The highest BCUT2D eigenvalue weighted by Gasteiger charge is 2.02. The minimum Gasteiger partial charge on any atom is -0.361 e. The molecule has 0 fully saturated rings. The molecule has 2 nitrogen and oxygen atoms in total. The van der Waals surface area contributed by atoms with Crippen molar-refractivity contribution in [1.29, 1.82) is 0 Å². The van der Waals surface area contributed by atoms with Gasteiger partial charge in [0, 0.05) is 17.8 Å². The highest BCUT2D eigenvalue weighted by molar-refractivity contribution is 5.79. The van der Waals surface area contributed by atoms with Gasteiger partial charge in [-0.25, -0.2) is 0 Å². The fourth-order valence-electron chi connectivity index (χ4n) is 1.67. The Hall–Kier alpha value is -1.28. The summed E-state index contributed by atoms with van der Waals surface area (Å²) in [5.41, 5.74) is 8.43. The number of nitrogens with one attached hydrogen (secondary N) is 1. The molecule has 0 aliphatic carbocycles. The molecule has 0 saturated carbocycles. The van der Waals surface area contributed by atoms with E-state index in [1.54, 1.807) is 0 Å². The summed E-state index contributed by atoms with van der Waals surface area (Å²) in [5, 5.41) is 1.26. The molecule has 14 heavy (non-hydrogen) atoms. The second kappa shape index (κ2) is 3.84. The lowest BCUT2D eigenvalue weighted by atomic mass is 10.0. The van der Waals surface area contributed by atoms with Crippen LogP contribution in [0.25, 0.3) is 10.9 Å². The summed E-state index contributed by atoms with van der Waals surface area (Å²) in [4.78, 5) is 3.21. The SMILES string of the molecule is CCC(N)Cc1ccc2cc[nH]c2c1. The third-order valence-electron chi connectivity index (χ3n) is 2.64. The maximum atomic E-state index is 5.91. The predicted molar refractivity (Wildman–Crippen MR) is 60.3 cm³/mol. The number of hydrogen-bond donors (Lipinski definition) is 2. The van der Waals surface area contributed by atoms with Crippen LogP contribution < -0.4 is 5.73 Å². The molecule has 1 atom stereocenters. The van der Waals surface area contributed by atoms with Crippen LogP contribution in [0.1, 0.15) is 18.9 Å². The fourth-order valence-corrected chi connectivity index (χ4v) is 1.67. The summed E-state index contributed by atoms with van der Waals surface area (Å²) in [5.74, 6) is 0. The van der Waals surface area contributed by atoms with Crippen molar-refractivity contribution in [2.75, 3.05) is 0 Å². The third-order valence-corrected chi connectivity index (χ3v) is 2.64. The summed E-state index contributed by atoms with van der Waals surface area (Å²) in [6.07, 6.45) is 3.96. The van der Waals surface area contributed by atoms with Crippen molar-refractivity contribution in [2.24, 2.45) is 5.73 Å².